The highest BCUT2D eigenvalue weighted by Crippen LogP contribution is 2.17. The number of ketones is 1. The number of carbonyl (C=O) groups is 2. The molecule has 3 N–H and O–H groups in total. The van der Waals surface area contributed by atoms with Gasteiger partial charge in [-0.05, 0) is 43.0 Å². The number of aryl methyl sites for hydroxylation is 2. The molecule has 170 valence electrons. The third-order valence-corrected chi connectivity index (χ3v) is 5.18. The molecule has 0 heterocycles. The van der Waals surface area contributed by atoms with Crippen molar-refractivity contribution in [2.75, 3.05) is 18.9 Å². The smallest absolute Gasteiger partial charge is 0.267 e. The number of nitrogens with zero attached hydrogens (tertiary/aromatic N) is 1. The van der Waals surface area contributed by atoms with E-state index in [4.69, 9.17) is 0 Å². The van der Waals surface area contributed by atoms with Crippen LogP contribution in [0.4, 0.5) is 5.69 Å². The van der Waals surface area contributed by atoms with Crippen molar-refractivity contribution in [1.29, 1.82) is 0 Å². The summed E-state index contributed by atoms with van der Waals surface area (Å²) >= 11 is 0. The van der Waals surface area contributed by atoms with Crippen LogP contribution in [0, 0.1) is 6.92 Å². The summed E-state index contributed by atoms with van der Waals surface area (Å²) in [4.78, 5) is 29.0. The van der Waals surface area contributed by atoms with E-state index in [1.165, 1.54) is 12.5 Å². The van der Waals surface area contributed by atoms with E-state index in [1.807, 2.05) is 43.3 Å². The average molecular weight is 435 g/mol. The fourth-order valence-corrected chi connectivity index (χ4v) is 3.32. The van der Waals surface area contributed by atoms with E-state index in [-0.39, 0.29) is 11.5 Å². The number of hydrogen-bond acceptors (Lipinski definition) is 4. The minimum absolute atomic E-state index is 0.132. The van der Waals surface area contributed by atoms with Crippen LogP contribution >= 0.6 is 0 Å². The minimum atomic E-state index is -0.674. The van der Waals surface area contributed by atoms with Gasteiger partial charge in [-0.3, -0.25) is 14.6 Å². The lowest BCUT2D eigenvalue weighted by atomic mass is 10.1. The topological polar surface area (TPSA) is 82.6 Å². The van der Waals surface area contributed by atoms with Gasteiger partial charge in [-0.2, -0.15) is 0 Å². The summed E-state index contributed by atoms with van der Waals surface area (Å²) in [6.07, 6.45) is 2.68. The van der Waals surface area contributed by atoms with Crippen LogP contribution in [0.2, 0.25) is 0 Å². The number of rotatable bonds is 11. The van der Waals surface area contributed by atoms with Gasteiger partial charge in [0.15, 0.2) is 5.78 Å². The van der Waals surface area contributed by atoms with Crippen LogP contribution in [0.5, 0.6) is 0 Å². The molecule has 6 heteroatoms. The standard InChI is InChI=1S/C26H34N4O2/c1-6-10-21-13-14-23(18(2)15-21)28-17-24(20(4)31)30-26(32)19(3)29-25(27-5)16-22-11-8-7-9-12-22/h7-9,11-15,24,28H,3,6,10,16-17H2,1-2,4-5H3,(H,27,29)(H,30,32)/t24-/m0/s1. The maximum atomic E-state index is 12.6. The first-order valence-electron chi connectivity index (χ1n) is 10.9. The number of carbonyl (C=O) groups excluding carboxylic acids is 2. The number of amidine groups is 1. The van der Waals surface area contributed by atoms with Crippen LogP contribution in [-0.2, 0) is 22.4 Å². The summed E-state index contributed by atoms with van der Waals surface area (Å²) in [5, 5.41) is 9.02. The van der Waals surface area contributed by atoms with Gasteiger partial charge in [-0.15, -0.1) is 0 Å². The zero-order chi connectivity index (χ0) is 23.5. The Labute approximate surface area is 191 Å². The molecule has 0 radical (unpaired) electrons. The van der Waals surface area contributed by atoms with E-state index in [0.717, 1.165) is 29.7 Å². The van der Waals surface area contributed by atoms with Crippen molar-refractivity contribution in [3.8, 4) is 0 Å². The first kappa shape index (κ1) is 24.9. The van der Waals surface area contributed by atoms with Gasteiger partial charge in [0.1, 0.15) is 11.9 Å². The summed E-state index contributed by atoms with van der Waals surface area (Å²) in [6.45, 7) is 9.77. The van der Waals surface area contributed by atoms with Crippen molar-refractivity contribution in [2.24, 2.45) is 4.99 Å². The maximum Gasteiger partial charge on any atom is 0.267 e. The molecule has 2 rings (SSSR count). The van der Waals surface area contributed by atoms with Gasteiger partial charge in [-0.25, -0.2) is 0 Å². The third-order valence-electron chi connectivity index (χ3n) is 5.18. The van der Waals surface area contributed by atoms with Crippen molar-refractivity contribution in [3.05, 3.63) is 77.5 Å². The fraction of sp³-hybridized carbons (Fsp3) is 0.346. The molecular weight excluding hydrogens is 400 g/mol. The van der Waals surface area contributed by atoms with Crippen LogP contribution in [-0.4, -0.2) is 37.2 Å². The highest BCUT2D eigenvalue weighted by Gasteiger charge is 2.19. The number of benzene rings is 2. The van der Waals surface area contributed by atoms with Crippen LogP contribution < -0.4 is 16.0 Å². The largest absolute Gasteiger partial charge is 0.382 e. The lowest BCUT2D eigenvalue weighted by Crippen LogP contribution is -2.47. The highest BCUT2D eigenvalue weighted by molar-refractivity contribution is 6.00. The maximum absolute atomic E-state index is 12.6. The molecule has 2 aromatic carbocycles. The second kappa shape index (κ2) is 12.4. The SMILES string of the molecule is C=C(NC(Cc1ccccc1)=NC)C(=O)N[C@@H](CNc1ccc(CCC)cc1C)C(C)=O. The molecule has 0 spiro atoms. The van der Waals surface area contributed by atoms with Crippen molar-refractivity contribution in [3.63, 3.8) is 0 Å². The molecule has 1 amide bonds. The van der Waals surface area contributed by atoms with Crippen molar-refractivity contribution in [1.82, 2.24) is 10.6 Å². The lowest BCUT2D eigenvalue weighted by Gasteiger charge is -2.20. The number of nitrogens with one attached hydrogen (secondary N) is 3. The molecule has 0 unspecified atom stereocenters. The predicted molar refractivity (Wildman–Crippen MR) is 132 cm³/mol. The summed E-state index contributed by atoms with van der Waals surface area (Å²) < 4.78 is 0. The Kier molecular flexibility index (Phi) is 9.67. The number of amides is 1. The van der Waals surface area contributed by atoms with Gasteiger partial charge >= 0.3 is 0 Å². The van der Waals surface area contributed by atoms with Crippen molar-refractivity contribution in [2.45, 2.75) is 46.1 Å². The van der Waals surface area contributed by atoms with E-state index in [9.17, 15) is 9.59 Å². The van der Waals surface area contributed by atoms with E-state index >= 15 is 0 Å². The van der Waals surface area contributed by atoms with Gasteiger partial charge in [0, 0.05) is 25.7 Å². The lowest BCUT2D eigenvalue weighted by molar-refractivity contribution is -0.124. The molecule has 6 nitrogen and oxygen atoms in total. The molecule has 2 aromatic rings. The Morgan fingerprint density at radius 2 is 1.81 bits per heavy atom. The Morgan fingerprint density at radius 1 is 1.09 bits per heavy atom. The first-order valence-corrected chi connectivity index (χ1v) is 10.9. The van der Waals surface area contributed by atoms with E-state index in [1.54, 1.807) is 7.05 Å². The van der Waals surface area contributed by atoms with Crippen molar-refractivity contribution < 1.29 is 9.59 Å². The number of anilines is 1. The highest BCUT2D eigenvalue weighted by atomic mass is 16.2. The average Bonchev–Trinajstić information content (AvgIpc) is 2.77. The van der Waals surface area contributed by atoms with Crippen LogP contribution in [0.1, 0.15) is 37.0 Å². The van der Waals surface area contributed by atoms with E-state index in [2.05, 4.69) is 46.6 Å². The summed E-state index contributed by atoms with van der Waals surface area (Å²) in [7, 11) is 1.66. The molecule has 0 bridgehead atoms. The zero-order valence-corrected chi connectivity index (χ0v) is 19.5. The van der Waals surface area contributed by atoms with Gasteiger partial charge in [0.25, 0.3) is 5.91 Å². The monoisotopic (exact) mass is 434 g/mol. The molecule has 1 atom stereocenters. The minimum Gasteiger partial charge on any atom is -0.382 e. The van der Waals surface area contributed by atoms with Crippen molar-refractivity contribution >= 4 is 23.2 Å². The van der Waals surface area contributed by atoms with Crippen LogP contribution in [0.15, 0.2) is 65.8 Å². The Balaban J connectivity index is 1.94. The Hall–Kier alpha value is -3.41. The van der Waals surface area contributed by atoms with Gasteiger partial charge in [0.2, 0.25) is 0 Å². The van der Waals surface area contributed by atoms with E-state index < -0.39 is 11.9 Å². The second-order valence-corrected chi connectivity index (χ2v) is 7.85. The third kappa shape index (κ3) is 7.69. The van der Waals surface area contributed by atoms with Gasteiger partial charge in [-0.1, -0.05) is 62.4 Å². The molecule has 0 aromatic heterocycles. The second-order valence-electron chi connectivity index (χ2n) is 7.85. The quantitative estimate of drug-likeness (QED) is 0.285. The normalized spacial score (nSPS) is 12.1. The van der Waals surface area contributed by atoms with Gasteiger partial charge < -0.3 is 16.0 Å². The van der Waals surface area contributed by atoms with Gasteiger partial charge in [0.05, 0.1) is 5.70 Å². The molecule has 0 aliphatic rings. The first-order chi connectivity index (χ1) is 15.3. The van der Waals surface area contributed by atoms with E-state index in [0.29, 0.717) is 18.8 Å². The zero-order valence-electron chi connectivity index (χ0n) is 19.5. The molecule has 0 aliphatic heterocycles. The number of hydrogen-bond donors (Lipinski definition) is 3. The number of aliphatic imine (C=N–C) groups is 1. The summed E-state index contributed by atoms with van der Waals surface area (Å²) in [5.74, 6) is 0.0560. The fourth-order valence-electron chi connectivity index (χ4n) is 3.32. The Bertz CT molecular complexity index is 967. The molecule has 0 saturated carbocycles. The number of Topliss-reactive ketones (excluding diaryl/α,β-unsaturated/α-hetero) is 1. The Morgan fingerprint density at radius 3 is 2.41 bits per heavy atom. The molecule has 32 heavy (non-hydrogen) atoms. The van der Waals surface area contributed by atoms with Crippen LogP contribution in [0.25, 0.3) is 0 Å². The predicted octanol–water partition coefficient (Wildman–Crippen LogP) is 3.81. The molecule has 0 aliphatic carbocycles. The molecule has 0 saturated heterocycles. The molecule has 0 fully saturated rings. The summed E-state index contributed by atoms with van der Waals surface area (Å²) in [5.41, 5.74) is 4.57. The van der Waals surface area contributed by atoms with Crippen LogP contribution in [0.3, 0.4) is 0 Å². The molecular formula is C26H34N4O2. The summed E-state index contributed by atoms with van der Waals surface area (Å²) in [6, 6.07) is 15.4.